The summed E-state index contributed by atoms with van der Waals surface area (Å²) in [6.45, 7) is -1.33. The lowest BCUT2D eigenvalue weighted by Gasteiger charge is -2.27. The van der Waals surface area contributed by atoms with Crippen LogP contribution in [0.2, 0.25) is 0 Å². The van der Waals surface area contributed by atoms with Gasteiger partial charge in [0.2, 0.25) is 0 Å². The highest BCUT2D eigenvalue weighted by Crippen LogP contribution is 2.49. The number of halogens is 3. The zero-order valence-corrected chi connectivity index (χ0v) is 15.1. The maximum atomic E-state index is 13.2. The monoisotopic (exact) mass is 417 g/mol. The van der Waals surface area contributed by atoms with Crippen LogP contribution < -0.4 is 9.05 Å². The van der Waals surface area contributed by atoms with E-state index in [1.165, 1.54) is 48.5 Å². The summed E-state index contributed by atoms with van der Waals surface area (Å²) in [6.07, 6.45) is -6.58. The number of amides is 1. The van der Waals surface area contributed by atoms with E-state index in [1.54, 1.807) is 12.1 Å². The van der Waals surface area contributed by atoms with Crippen LogP contribution in [0.4, 0.5) is 13.2 Å². The number of aliphatic carboxylic acids is 1. The average molecular weight is 417 g/mol. The minimum absolute atomic E-state index is 0.0106. The van der Waals surface area contributed by atoms with Crippen molar-refractivity contribution in [3.63, 3.8) is 0 Å². The van der Waals surface area contributed by atoms with Crippen LogP contribution in [0.5, 0.6) is 11.5 Å². The zero-order chi connectivity index (χ0) is 20.8. The first-order chi connectivity index (χ1) is 13.1. The average Bonchev–Trinajstić information content (AvgIpc) is 2.60. The van der Waals surface area contributed by atoms with E-state index in [2.05, 4.69) is 0 Å². The Labute approximate surface area is 157 Å². The maximum absolute atomic E-state index is 13.2. The molecule has 0 aliphatic heterocycles. The van der Waals surface area contributed by atoms with Crippen LogP contribution in [0.3, 0.4) is 0 Å². The van der Waals surface area contributed by atoms with Crippen molar-refractivity contribution in [2.45, 2.75) is 6.18 Å². The molecule has 0 spiro atoms. The topological polar surface area (TPSA) is 93.1 Å². The quantitative estimate of drug-likeness (QED) is 0.658. The van der Waals surface area contributed by atoms with Crippen LogP contribution in [0.25, 0.3) is 0 Å². The molecule has 1 amide bonds. The number of carbonyl (C=O) groups excluding carboxylic acids is 1. The number of rotatable bonds is 8. The van der Waals surface area contributed by atoms with Crippen LogP contribution in [0.15, 0.2) is 60.7 Å². The molecule has 2 aromatic rings. The minimum atomic E-state index is -5.36. The maximum Gasteiger partial charge on any atom is 0.471 e. The molecule has 0 aliphatic carbocycles. The second kappa shape index (κ2) is 8.79. The molecule has 2 aromatic carbocycles. The van der Waals surface area contributed by atoms with Gasteiger partial charge in [0.25, 0.3) is 0 Å². The van der Waals surface area contributed by atoms with E-state index in [1.807, 2.05) is 0 Å². The van der Waals surface area contributed by atoms with Gasteiger partial charge in [-0.1, -0.05) is 36.4 Å². The molecule has 7 nitrogen and oxygen atoms in total. The number of alkyl halides is 3. The molecule has 0 bridgehead atoms. The van der Waals surface area contributed by atoms with Gasteiger partial charge in [-0.3, -0.25) is 9.59 Å². The molecule has 2 rings (SSSR count). The third-order valence-corrected chi connectivity index (χ3v) is 4.84. The van der Waals surface area contributed by atoms with Gasteiger partial charge in [-0.25, -0.2) is 4.57 Å². The van der Waals surface area contributed by atoms with E-state index in [0.29, 0.717) is 0 Å². The molecular weight excluding hydrogens is 402 g/mol. The summed E-state index contributed by atoms with van der Waals surface area (Å²) in [7, 11) is -4.46. The van der Waals surface area contributed by atoms with E-state index in [0.717, 1.165) is 0 Å². The van der Waals surface area contributed by atoms with Gasteiger partial charge < -0.3 is 19.1 Å². The zero-order valence-electron chi connectivity index (χ0n) is 14.2. The van der Waals surface area contributed by atoms with Gasteiger partial charge in [-0.2, -0.15) is 13.2 Å². The van der Waals surface area contributed by atoms with Crippen molar-refractivity contribution in [2.24, 2.45) is 0 Å². The van der Waals surface area contributed by atoms with E-state index in [-0.39, 0.29) is 16.4 Å². The van der Waals surface area contributed by atoms with Gasteiger partial charge >= 0.3 is 25.6 Å². The van der Waals surface area contributed by atoms with Crippen molar-refractivity contribution in [1.29, 1.82) is 0 Å². The normalized spacial score (nSPS) is 11.5. The van der Waals surface area contributed by atoms with Crippen molar-refractivity contribution >= 4 is 19.5 Å². The molecular formula is C17H15F3NO6P. The molecule has 11 heteroatoms. The second-order valence-corrected chi connectivity index (χ2v) is 7.33. The fourth-order valence-corrected chi connectivity index (χ4v) is 3.78. The summed E-state index contributed by atoms with van der Waals surface area (Å²) in [5, 5.41) is 8.84. The highest BCUT2D eigenvalue weighted by Gasteiger charge is 2.46. The summed E-state index contributed by atoms with van der Waals surface area (Å²) in [4.78, 5) is 22.4. The summed E-state index contributed by atoms with van der Waals surface area (Å²) in [5.74, 6) is -4.17. The lowest BCUT2D eigenvalue weighted by Crippen LogP contribution is -2.44. The van der Waals surface area contributed by atoms with Gasteiger partial charge in [0, 0.05) is 0 Å². The van der Waals surface area contributed by atoms with Gasteiger partial charge in [0.15, 0.2) is 0 Å². The van der Waals surface area contributed by atoms with Crippen molar-refractivity contribution in [3.8, 4) is 11.5 Å². The Balaban J connectivity index is 2.36. The van der Waals surface area contributed by atoms with Crippen molar-refractivity contribution in [3.05, 3.63) is 60.7 Å². The fraction of sp³-hybridized carbons (Fsp3) is 0.176. The fourth-order valence-electron chi connectivity index (χ4n) is 2.10. The van der Waals surface area contributed by atoms with Crippen LogP contribution in [0, 0.1) is 0 Å². The SMILES string of the molecule is O=C(O)CN(CP(=O)(Oc1ccccc1)Oc1ccccc1)C(=O)C(F)(F)F. The van der Waals surface area contributed by atoms with Crippen LogP contribution in [-0.2, 0) is 14.2 Å². The largest absolute Gasteiger partial charge is 0.480 e. The number of benzene rings is 2. The third-order valence-electron chi connectivity index (χ3n) is 3.18. The van der Waals surface area contributed by atoms with Gasteiger partial charge in [0.1, 0.15) is 24.3 Å². The minimum Gasteiger partial charge on any atom is -0.480 e. The van der Waals surface area contributed by atoms with Crippen LogP contribution in [0.1, 0.15) is 0 Å². The van der Waals surface area contributed by atoms with Crippen molar-refractivity contribution < 1.29 is 41.5 Å². The Kier molecular flexibility index (Phi) is 6.69. The summed E-state index contributed by atoms with van der Waals surface area (Å²) in [6, 6.07) is 14.9. The first-order valence-electron chi connectivity index (χ1n) is 7.75. The highest BCUT2D eigenvalue weighted by atomic mass is 31.2. The van der Waals surface area contributed by atoms with E-state index in [9.17, 15) is 27.3 Å². The van der Waals surface area contributed by atoms with Gasteiger partial charge in [0.05, 0.1) is 0 Å². The summed E-state index contributed by atoms with van der Waals surface area (Å²) in [5.41, 5.74) is 0. The Bertz CT molecular complexity index is 815. The Morgan fingerprint density at radius 2 is 1.36 bits per heavy atom. The molecule has 0 fully saturated rings. The molecule has 0 aromatic heterocycles. The van der Waals surface area contributed by atoms with E-state index in [4.69, 9.17) is 14.2 Å². The molecule has 28 heavy (non-hydrogen) atoms. The third kappa shape index (κ3) is 6.31. The number of carboxylic acids is 1. The number of carbonyl (C=O) groups is 2. The molecule has 0 aliphatic rings. The first kappa shape index (κ1) is 21.3. The van der Waals surface area contributed by atoms with Crippen molar-refractivity contribution in [1.82, 2.24) is 4.90 Å². The molecule has 0 saturated heterocycles. The van der Waals surface area contributed by atoms with Crippen molar-refractivity contribution in [2.75, 3.05) is 12.8 Å². The Morgan fingerprint density at radius 1 is 0.929 bits per heavy atom. The smallest absolute Gasteiger partial charge is 0.471 e. The Hall–Kier alpha value is -3.00. The number of hydrogen-bond acceptors (Lipinski definition) is 5. The standard InChI is InChI=1S/C17H15F3NO6P/c18-17(19,20)16(24)21(11-15(22)23)12-28(25,26-13-7-3-1-4-8-13)27-14-9-5-2-6-10-14/h1-10H,11-12H2,(H,22,23). The first-order valence-corrected chi connectivity index (χ1v) is 9.48. The van der Waals surface area contributed by atoms with Gasteiger partial charge in [-0.05, 0) is 24.3 Å². The molecule has 0 atom stereocenters. The second-order valence-electron chi connectivity index (χ2n) is 5.46. The van der Waals surface area contributed by atoms with E-state index >= 15 is 0 Å². The summed E-state index contributed by atoms with van der Waals surface area (Å²) < 4.78 is 62.2. The van der Waals surface area contributed by atoms with Gasteiger partial charge in [-0.15, -0.1) is 0 Å². The molecule has 0 heterocycles. The molecule has 0 radical (unpaired) electrons. The summed E-state index contributed by atoms with van der Waals surface area (Å²) >= 11 is 0. The lowest BCUT2D eigenvalue weighted by atomic mass is 10.3. The number of para-hydroxylation sites is 2. The predicted octanol–water partition coefficient (Wildman–Crippen LogP) is 3.77. The number of carboxylic acid groups (broad SMARTS) is 1. The molecule has 1 N–H and O–H groups in total. The molecule has 0 saturated carbocycles. The molecule has 0 unspecified atom stereocenters. The predicted molar refractivity (Wildman–Crippen MR) is 92.0 cm³/mol. The van der Waals surface area contributed by atoms with Crippen LogP contribution in [-0.4, -0.2) is 40.9 Å². The lowest BCUT2D eigenvalue weighted by molar-refractivity contribution is -0.185. The molecule has 150 valence electrons. The van der Waals surface area contributed by atoms with E-state index < -0.39 is 38.5 Å². The Morgan fingerprint density at radius 3 is 1.71 bits per heavy atom. The number of hydrogen-bond donors (Lipinski definition) is 1. The highest BCUT2D eigenvalue weighted by molar-refractivity contribution is 7.54. The number of nitrogens with zero attached hydrogens (tertiary/aromatic N) is 1. The van der Waals surface area contributed by atoms with Crippen LogP contribution >= 0.6 is 7.60 Å².